The van der Waals surface area contributed by atoms with Gasteiger partial charge in [-0.05, 0) is 44.1 Å². The first-order valence-corrected chi connectivity index (χ1v) is 11.0. The Balaban J connectivity index is 1.43. The largest absolute Gasteiger partial charge is 0.346 e. The Morgan fingerprint density at radius 1 is 1.12 bits per heavy atom. The van der Waals surface area contributed by atoms with Gasteiger partial charge in [-0.3, -0.25) is 9.48 Å². The molecule has 0 unspecified atom stereocenters. The number of H-pyrrole nitrogens is 1. The number of anilines is 4. The molecule has 4 aromatic rings. The SMILES string of the molecule is CN(C)C(=O)c1ccccc1Nc1nc(Nc2cnn(C3CCNCC3)c2)nc2[nH]ccc12. The molecule has 0 aliphatic carbocycles. The van der Waals surface area contributed by atoms with Crippen LogP contribution in [0.3, 0.4) is 0 Å². The van der Waals surface area contributed by atoms with E-state index in [9.17, 15) is 4.79 Å². The van der Waals surface area contributed by atoms with Crippen molar-refractivity contribution >= 4 is 40.1 Å². The highest BCUT2D eigenvalue weighted by Crippen LogP contribution is 2.28. The van der Waals surface area contributed by atoms with E-state index in [1.807, 2.05) is 41.3 Å². The van der Waals surface area contributed by atoms with E-state index < -0.39 is 0 Å². The lowest BCUT2D eigenvalue weighted by molar-refractivity contribution is 0.0828. The molecule has 170 valence electrons. The maximum absolute atomic E-state index is 12.6. The number of hydrogen-bond donors (Lipinski definition) is 4. The summed E-state index contributed by atoms with van der Waals surface area (Å²) in [6.07, 6.45) is 7.73. The van der Waals surface area contributed by atoms with Crippen LogP contribution in [0.4, 0.5) is 23.1 Å². The molecule has 1 fully saturated rings. The highest BCUT2D eigenvalue weighted by atomic mass is 16.2. The molecule has 0 saturated carbocycles. The van der Waals surface area contributed by atoms with Crippen LogP contribution in [0.5, 0.6) is 0 Å². The first-order valence-electron chi connectivity index (χ1n) is 11.0. The third kappa shape index (κ3) is 4.37. The average molecular weight is 446 g/mol. The van der Waals surface area contributed by atoms with Crippen LogP contribution in [-0.4, -0.2) is 62.7 Å². The summed E-state index contributed by atoms with van der Waals surface area (Å²) in [4.78, 5) is 26.6. The van der Waals surface area contributed by atoms with Crippen LogP contribution < -0.4 is 16.0 Å². The standard InChI is InChI=1S/C23H27N9O/c1-31(2)22(33)17-5-3-4-6-19(17)28-21-18-9-12-25-20(18)29-23(30-21)27-15-13-26-32(14-15)16-7-10-24-11-8-16/h3-6,9,12-14,16,24H,7-8,10-11H2,1-2H3,(H3,25,27,28,29,30). The predicted molar refractivity (Wildman–Crippen MR) is 128 cm³/mol. The van der Waals surface area contributed by atoms with Gasteiger partial charge in [0.25, 0.3) is 5.91 Å². The Kier molecular flexibility index (Phi) is 5.66. The Labute approximate surface area is 191 Å². The molecule has 1 aliphatic heterocycles. The molecule has 0 bridgehead atoms. The van der Waals surface area contributed by atoms with Gasteiger partial charge in [0, 0.05) is 26.5 Å². The van der Waals surface area contributed by atoms with Crippen molar-refractivity contribution in [3.05, 3.63) is 54.5 Å². The van der Waals surface area contributed by atoms with Crippen molar-refractivity contribution in [2.24, 2.45) is 0 Å². The van der Waals surface area contributed by atoms with Gasteiger partial charge in [0.1, 0.15) is 11.5 Å². The molecular weight excluding hydrogens is 418 g/mol. The summed E-state index contributed by atoms with van der Waals surface area (Å²) in [5.41, 5.74) is 2.77. The second-order valence-electron chi connectivity index (χ2n) is 8.32. The number of piperidine rings is 1. The molecule has 4 heterocycles. The van der Waals surface area contributed by atoms with Crippen molar-refractivity contribution in [3.8, 4) is 0 Å². The summed E-state index contributed by atoms with van der Waals surface area (Å²) in [7, 11) is 3.47. The van der Waals surface area contributed by atoms with Crippen LogP contribution in [0.2, 0.25) is 0 Å². The van der Waals surface area contributed by atoms with Gasteiger partial charge in [0.05, 0.1) is 34.6 Å². The molecule has 0 radical (unpaired) electrons. The highest BCUT2D eigenvalue weighted by molar-refractivity contribution is 6.01. The summed E-state index contributed by atoms with van der Waals surface area (Å²) in [5.74, 6) is 0.961. The first-order chi connectivity index (χ1) is 16.1. The van der Waals surface area contributed by atoms with Crippen LogP contribution in [-0.2, 0) is 0 Å². The molecule has 0 atom stereocenters. The number of amides is 1. The predicted octanol–water partition coefficient (Wildman–Crippen LogP) is 3.27. The van der Waals surface area contributed by atoms with Crippen molar-refractivity contribution in [1.29, 1.82) is 0 Å². The van der Waals surface area contributed by atoms with Gasteiger partial charge in [0.15, 0.2) is 0 Å². The fourth-order valence-corrected chi connectivity index (χ4v) is 4.04. The van der Waals surface area contributed by atoms with E-state index in [0.29, 0.717) is 34.7 Å². The fourth-order valence-electron chi connectivity index (χ4n) is 4.04. The van der Waals surface area contributed by atoms with E-state index in [2.05, 4.69) is 31.0 Å². The van der Waals surface area contributed by atoms with Gasteiger partial charge in [0.2, 0.25) is 5.95 Å². The number of fused-ring (bicyclic) bond motifs is 1. The number of hydrogen-bond acceptors (Lipinski definition) is 7. The van der Waals surface area contributed by atoms with E-state index in [4.69, 9.17) is 4.98 Å². The fraction of sp³-hybridized carbons (Fsp3) is 0.304. The zero-order valence-corrected chi connectivity index (χ0v) is 18.7. The van der Waals surface area contributed by atoms with Crippen LogP contribution in [0, 0.1) is 0 Å². The number of nitrogens with one attached hydrogen (secondary N) is 4. The van der Waals surface area contributed by atoms with Gasteiger partial charge in [-0.15, -0.1) is 0 Å². The normalized spacial score (nSPS) is 14.4. The third-order valence-electron chi connectivity index (χ3n) is 5.77. The Morgan fingerprint density at radius 3 is 2.76 bits per heavy atom. The van der Waals surface area contributed by atoms with Gasteiger partial charge in [-0.2, -0.15) is 15.1 Å². The summed E-state index contributed by atoms with van der Waals surface area (Å²) in [6, 6.07) is 9.71. The summed E-state index contributed by atoms with van der Waals surface area (Å²) in [5, 5.41) is 15.3. The number of rotatable bonds is 6. The van der Waals surface area contributed by atoms with Crippen molar-refractivity contribution in [2.45, 2.75) is 18.9 Å². The summed E-state index contributed by atoms with van der Waals surface area (Å²) in [6.45, 7) is 2.01. The smallest absolute Gasteiger partial charge is 0.255 e. The Hall–Kier alpha value is -3.92. The second kappa shape index (κ2) is 8.91. The summed E-state index contributed by atoms with van der Waals surface area (Å²) >= 11 is 0. The van der Waals surface area contributed by atoms with Crippen molar-refractivity contribution in [2.75, 3.05) is 37.8 Å². The zero-order chi connectivity index (χ0) is 22.8. The molecule has 5 rings (SSSR count). The van der Waals surface area contributed by atoms with Crippen LogP contribution >= 0.6 is 0 Å². The van der Waals surface area contributed by atoms with E-state index in [1.54, 1.807) is 31.3 Å². The molecule has 33 heavy (non-hydrogen) atoms. The van der Waals surface area contributed by atoms with E-state index in [1.165, 1.54) is 0 Å². The Morgan fingerprint density at radius 2 is 1.94 bits per heavy atom. The van der Waals surface area contributed by atoms with Crippen molar-refractivity contribution < 1.29 is 4.79 Å². The number of carbonyl (C=O) groups excluding carboxylic acids is 1. The second-order valence-corrected chi connectivity index (χ2v) is 8.32. The quantitative estimate of drug-likeness (QED) is 0.360. The van der Waals surface area contributed by atoms with Crippen molar-refractivity contribution in [3.63, 3.8) is 0 Å². The topological polar surface area (TPSA) is 116 Å². The number of para-hydroxylation sites is 1. The third-order valence-corrected chi connectivity index (χ3v) is 5.77. The van der Waals surface area contributed by atoms with Crippen LogP contribution in [0.15, 0.2) is 48.9 Å². The molecule has 3 aromatic heterocycles. The molecule has 1 saturated heterocycles. The number of aromatic amines is 1. The average Bonchev–Trinajstić information content (AvgIpc) is 3.49. The molecular formula is C23H27N9O. The lowest BCUT2D eigenvalue weighted by Gasteiger charge is -2.22. The maximum Gasteiger partial charge on any atom is 0.255 e. The van der Waals surface area contributed by atoms with Crippen LogP contribution in [0.25, 0.3) is 11.0 Å². The maximum atomic E-state index is 12.6. The first kappa shape index (κ1) is 21.0. The molecule has 1 aliphatic rings. The number of benzene rings is 1. The van der Waals surface area contributed by atoms with Gasteiger partial charge in [-0.1, -0.05) is 12.1 Å². The molecule has 4 N–H and O–H groups in total. The van der Waals surface area contributed by atoms with Gasteiger partial charge >= 0.3 is 0 Å². The molecule has 0 spiro atoms. The van der Waals surface area contributed by atoms with E-state index >= 15 is 0 Å². The minimum Gasteiger partial charge on any atom is -0.346 e. The summed E-state index contributed by atoms with van der Waals surface area (Å²) < 4.78 is 2.01. The minimum absolute atomic E-state index is 0.0823. The number of aromatic nitrogens is 5. The van der Waals surface area contributed by atoms with Crippen molar-refractivity contribution in [1.82, 2.24) is 34.9 Å². The van der Waals surface area contributed by atoms with Gasteiger partial charge < -0.3 is 25.8 Å². The molecule has 1 aromatic carbocycles. The Bertz CT molecular complexity index is 1270. The van der Waals surface area contributed by atoms with Crippen LogP contribution in [0.1, 0.15) is 29.2 Å². The zero-order valence-electron chi connectivity index (χ0n) is 18.7. The number of carbonyl (C=O) groups is 1. The van der Waals surface area contributed by atoms with E-state index in [-0.39, 0.29) is 5.91 Å². The minimum atomic E-state index is -0.0823. The molecule has 1 amide bonds. The number of nitrogens with zero attached hydrogens (tertiary/aromatic N) is 5. The van der Waals surface area contributed by atoms with E-state index in [0.717, 1.165) is 37.0 Å². The lowest BCUT2D eigenvalue weighted by atomic mass is 10.1. The molecule has 10 heteroatoms. The monoisotopic (exact) mass is 445 g/mol. The van der Waals surface area contributed by atoms with Gasteiger partial charge in [-0.25, -0.2) is 0 Å². The molecule has 10 nitrogen and oxygen atoms in total. The lowest BCUT2D eigenvalue weighted by Crippen LogP contribution is -2.29. The highest BCUT2D eigenvalue weighted by Gasteiger charge is 2.18.